The number of fused-ring (bicyclic) bond motifs is 1. The molecule has 1 heterocycles. The Kier molecular flexibility index (Phi) is 3.53. The molecule has 0 atom stereocenters. The number of rotatable bonds is 3. The van der Waals surface area contributed by atoms with Gasteiger partial charge in [0.05, 0.1) is 13.7 Å². The summed E-state index contributed by atoms with van der Waals surface area (Å²) in [7, 11) is 1.72. The van der Waals surface area contributed by atoms with E-state index in [0.717, 1.165) is 16.8 Å². The summed E-state index contributed by atoms with van der Waals surface area (Å²) in [5.74, 6) is 0.939. The highest BCUT2D eigenvalue weighted by molar-refractivity contribution is 9.10. The summed E-state index contributed by atoms with van der Waals surface area (Å²) in [5, 5.41) is 1.24. The third kappa shape index (κ3) is 2.46. The Morgan fingerprint density at radius 1 is 1.10 bits per heavy atom. The van der Waals surface area contributed by atoms with Gasteiger partial charge < -0.3 is 9.30 Å². The van der Waals surface area contributed by atoms with Gasteiger partial charge in [0, 0.05) is 27.1 Å². The Labute approximate surface area is 127 Å². The van der Waals surface area contributed by atoms with Gasteiger partial charge in [0.2, 0.25) is 0 Å². The van der Waals surface area contributed by atoms with Gasteiger partial charge >= 0.3 is 0 Å². The number of hydrogen-bond donors (Lipinski definition) is 0. The quantitative estimate of drug-likeness (QED) is 0.675. The predicted octanol–water partition coefficient (Wildman–Crippen LogP) is 4.77. The Balaban J connectivity index is 2.03. The van der Waals surface area contributed by atoms with Crippen LogP contribution in [0.1, 0.15) is 11.1 Å². The summed E-state index contributed by atoms with van der Waals surface area (Å²) in [5.41, 5.74) is 3.68. The van der Waals surface area contributed by atoms with Crippen LogP contribution in [0, 0.1) is 6.92 Å². The summed E-state index contributed by atoms with van der Waals surface area (Å²) in [6.07, 6.45) is 2.12. The van der Waals surface area contributed by atoms with Crippen molar-refractivity contribution in [2.75, 3.05) is 7.11 Å². The number of benzene rings is 2. The van der Waals surface area contributed by atoms with Crippen LogP contribution in [0.25, 0.3) is 10.9 Å². The predicted molar refractivity (Wildman–Crippen MR) is 86.5 cm³/mol. The second-order valence-corrected chi connectivity index (χ2v) is 5.88. The molecule has 2 aromatic carbocycles. The van der Waals surface area contributed by atoms with Crippen LogP contribution in [-0.4, -0.2) is 11.7 Å². The molecule has 0 spiro atoms. The van der Waals surface area contributed by atoms with Crippen LogP contribution < -0.4 is 4.74 Å². The first-order chi connectivity index (χ1) is 9.67. The van der Waals surface area contributed by atoms with E-state index in [1.165, 1.54) is 22.0 Å². The third-order valence-corrected chi connectivity index (χ3v) is 4.00. The molecule has 0 bridgehead atoms. The van der Waals surface area contributed by atoms with E-state index in [4.69, 9.17) is 4.74 Å². The largest absolute Gasteiger partial charge is 0.496 e. The van der Waals surface area contributed by atoms with Crippen LogP contribution in [0.15, 0.2) is 53.1 Å². The van der Waals surface area contributed by atoms with Crippen molar-refractivity contribution in [2.24, 2.45) is 0 Å². The topological polar surface area (TPSA) is 14.2 Å². The SMILES string of the molecule is COc1ccc(C)cc1Cn1ccc2cc(Br)ccc21. The number of nitrogens with zero attached hydrogens (tertiary/aromatic N) is 1. The second-order valence-electron chi connectivity index (χ2n) is 4.96. The van der Waals surface area contributed by atoms with Gasteiger partial charge in [0.1, 0.15) is 5.75 Å². The lowest BCUT2D eigenvalue weighted by atomic mass is 10.1. The van der Waals surface area contributed by atoms with Gasteiger partial charge in [-0.1, -0.05) is 33.6 Å². The second kappa shape index (κ2) is 5.33. The molecule has 0 amide bonds. The third-order valence-electron chi connectivity index (χ3n) is 3.51. The monoisotopic (exact) mass is 329 g/mol. The Morgan fingerprint density at radius 3 is 2.75 bits per heavy atom. The van der Waals surface area contributed by atoms with E-state index < -0.39 is 0 Å². The zero-order valence-electron chi connectivity index (χ0n) is 11.6. The molecule has 0 N–H and O–H groups in total. The zero-order valence-corrected chi connectivity index (χ0v) is 13.1. The highest BCUT2D eigenvalue weighted by Crippen LogP contribution is 2.25. The van der Waals surface area contributed by atoms with Crippen LogP contribution in [0.2, 0.25) is 0 Å². The average molecular weight is 330 g/mol. The lowest BCUT2D eigenvalue weighted by molar-refractivity contribution is 0.408. The van der Waals surface area contributed by atoms with Gasteiger partial charge in [-0.3, -0.25) is 0 Å². The molecule has 0 saturated heterocycles. The van der Waals surface area contributed by atoms with Crippen LogP contribution in [0.3, 0.4) is 0 Å². The number of ether oxygens (including phenoxy) is 1. The number of aromatic nitrogens is 1. The summed E-state index contributed by atoms with van der Waals surface area (Å²) in [6, 6.07) is 14.8. The molecule has 1 aromatic heterocycles. The molecule has 0 radical (unpaired) electrons. The van der Waals surface area contributed by atoms with Gasteiger partial charge in [-0.2, -0.15) is 0 Å². The zero-order chi connectivity index (χ0) is 14.1. The maximum absolute atomic E-state index is 5.46. The van der Waals surface area contributed by atoms with E-state index in [2.05, 4.69) is 70.0 Å². The molecule has 0 fully saturated rings. The average Bonchev–Trinajstić information content (AvgIpc) is 2.81. The minimum absolute atomic E-state index is 0.815. The van der Waals surface area contributed by atoms with E-state index in [1.807, 2.05) is 6.07 Å². The first-order valence-electron chi connectivity index (χ1n) is 6.55. The minimum atomic E-state index is 0.815. The van der Waals surface area contributed by atoms with Gasteiger partial charge in [0.15, 0.2) is 0 Å². The van der Waals surface area contributed by atoms with Crippen LogP contribution >= 0.6 is 15.9 Å². The number of hydrogen-bond acceptors (Lipinski definition) is 1. The molecule has 3 rings (SSSR count). The molecule has 0 unspecified atom stereocenters. The van der Waals surface area contributed by atoms with Crippen molar-refractivity contribution in [1.82, 2.24) is 4.57 Å². The van der Waals surface area contributed by atoms with E-state index in [9.17, 15) is 0 Å². The molecular formula is C17H16BrNO. The molecule has 0 aliphatic heterocycles. The lowest BCUT2D eigenvalue weighted by Gasteiger charge is -2.11. The van der Waals surface area contributed by atoms with Crippen molar-refractivity contribution < 1.29 is 4.74 Å². The van der Waals surface area contributed by atoms with Crippen molar-refractivity contribution in [3.8, 4) is 5.75 Å². The first kappa shape index (κ1) is 13.3. The molecule has 20 heavy (non-hydrogen) atoms. The maximum atomic E-state index is 5.46. The van der Waals surface area contributed by atoms with Crippen LogP contribution in [0.5, 0.6) is 5.75 Å². The van der Waals surface area contributed by atoms with Gasteiger partial charge in [-0.15, -0.1) is 0 Å². The standard InChI is InChI=1S/C17H16BrNO/c1-12-3-6-17(20-2)14(9-12)11-19-8-7-13-10-15(18)4-5-16(13)19/h3-10H,11H2,1-2H3. The van der Waals surface area contributed by atoms with Gasteiger partial charge in [0.25, 0.3) is 0 Å². The fourth-order valence-corrected chi connectivity index (χ4v) is 2.90. The van der Waals surface area contributed by atoms with E-state index in [0.29, 0.717) is 0 Å². The minimum Gasteiger partial charge on any atom is -0.496 e. The summed E-state index contributed by atoms with van der Waals surface area (Å²) in [6.45, 7) is 2.92. The highest BCUT2D eigenvalue weighted by Gasteiger charge is 2.07. The van der Waals surface area contributed by atoms with E-state index >= 15 is 0 Å². The highest BCUT2D eigenvalue weighted by atomic mass is 79.9. The first-order valence-corrected chi connectivity index (χ1v) is 7.34. The lowest BCUT2D eigenvalue weighted by Crippen LogP contribution is -2.01. The maximum Gasteiger partial charge on any atom is 0.123 e. The molecule has 2 nitrogen and oxygen atoms in total. The number of methoxy groups -OCH3 is 1. The molecule has 0 saturated carbocycles. The fourth-order valence-electron chi connectivity index (χ4n) is 2.52. The summed E-state index contributed by atoms with van der Waals surface area (Å²) in [4.78, 5) is 0. The van der Waals surface area contributed by atoms with Crippen molar-refractivity contribution in [1.29, 1.82) is 0 Å². The van der Waals surface area contributed by atoms with Crippen LogP contribution in [0.4, 0.5) is 0 Å². The molecular weight excluding hydrogens is 314 g/mol. The fraction of sp³-hybridized carbons (Fsp3) is 0.176. The molecule has 0 aliphatic carbocycles. The normalized spacial score (nSPS) is 10.9. The number of aryl methyl sites for hydroxylation is 1. The van der Waals surface area contributed by atoms with E-state index in [1.54, 1.807) is 7.11 Å². The smallest absolute Gasteiger partial charge is 0.123 e. The Bertz CT molecular complexity index is 761. The van der Waals surface area contributed by atoms with Gasteiger partial charge in [-0.25, -0.2) is 0 Å². The number of halogens is 1. The van der Waals surface area contributed by atoms with Crippen molar-refractivity contribution >= 4 is 26.8 Å². The van der Waals surface area contributed by atoms with Gasteiger partial charge in [-0.05, 0) is 37.3 Å². The summed E-state index contributed by atoms with van der Waals surface area (Å²) >= 11 is 3.51. The summed E-state index contributed by atoms with van der Waals surface area (Å²) < 4.78 is 8.82. The Hall–Kier alpha value is -1.74. The van der Waals surface area contributed by atoms with Crippen molar-refractivity contribution in [3.05, 3.63) is 64.3 Å². The molecule has 102 valence electrons. The molecule has 0 aliphatic rings. The molecule has 3 heteroatoms. The van der Waals surface area contributed by atoms with Crippen molar-refractivity contribution in [2.45, 2.75) is 13.5 Å². The Morgan fingerprint density at radius 2 is 1.95 bits per heavy atom. The molecule has 3 aromatic rings. The van der Waals surface area contributed by atoms with Crippen LogP contribution in [-0.2, 0) is 6.54 Å². The van der Waals surface area contributed by atoms with E-state index in [-0.39, 0.29) is 0 Å². The van der Waals surface area contributed by atoms with Crippen molar-refractivity contribution in [3.63, 3.8) is 0 Å².